The summed E-state index contributed by atoms with van der Waals surface area (Å²) in [6.45, 7) is 4.08. The highest BCUT2D eigenvalue weighted by molar-refractivity contribution is 7.10. The number of likely N-dealkylation sites (N-methyl/N-ethyl adjacent to an activating group) is 1. The average Bonchev–Trinajstić information content (AvgIpc) is 2.98. The van der Waals surface area contributed by atoms with E-state index in [-0.39, 0.29) is 43.3 Å². The van der Waals surface area contributed by atoms with Crippen LogP contribution in [0, 0.1) is 0 Å². The van der Waals surface area contributed by atoms with Crippen LogP contribution in [-0.2, 0) is 9.53 Å². The number of thiophene rings is 1. The lowest BCUT2D eigenvalue weighted by Gasteiger charge is -2.36. The molecule has 2 heterocycles. The maximum atomic E-state index is 11.7. The van der Waals surface area contributed by atoms with Crippen LogP contribution in [0.5, 0.6) is 0 Å². The van der Waals surface area contributed by atoms with Gasteiger partial charge in [-0.05, 0) is 11.4 Å². The molecule has 122 valence electrons. The number of nitrogens with two attached hydrogens (primary N) is 1. The SMILES string of the molecule is CN(CC(c1cccs1)N1CCOCC1)C(=O)CN.Cl.Cl. The van der Waals surface area contributed by atoms with Crippen LogP contribution in [0.2, 0.25) is 0 Å². The zero-order chi connectivity index (χ0) is 13.7. The second-order valence-electron chi connectivity index (χ2n) is 4.66. The van der Waals surface area contributed by atoms with Crippen LogP contribution in [0.1, 0.15) is 10.9 Å². The third kappa shape index (κ3) is 5.73. The van der Waals surface area contributed by atoms with E-state index in [1.807, 2.05) is 7.05 Å². The fourth-order valence-electron chi connectivity index (χ4n) is 2.27. The minimum absolute atomic E-state index is 0. The molecule has 21 heavy (non-hydrogen) atoms. The van der Waals surface area contributed by atoms with Crippen molar-refractivity contribution < 1.29 is 9.53 Å². The molecule has 0 aliphatic carbocycles. The Morgan fingerprint density at radius 2 is 2.14 bits per heavy atom. The van der Waals surface area contributed by atoms with Gasteiger partial charge < -0.3 is 15.4 Å². The first-order chi connectivity index (χ1) is 9.22. The lowest BCUT2D eigenvalue weighted by molar-refractivity contribution is -0.129. The molecule has 0 radical (unpaired) electrons. The highest BCUT2D eigenvalue weighted by Crippen LogP contribution is 2.26. The van der Waals surface area contributed by atoms with E-state index < -0.39 is 0 Å². The van der Waals surface area contributed by atoms with Gasteiger partial charge >= 0.3 is 0 Å². The van der Waals surface area contributed by atoms with Crippen molar-refractivity contribution in [3.05, 3.63) is 22.4 Å². The molecule has 0 saturated carbocycles. The van der Waals surface area contributed by atoms with Gasteiger partial charge in [0, 0.05) is 31.6 Å². The molecule has 2 N–H and O–H groups in total. The van der Waals surface area contributed by atoms with Gasteiger partial charge in [-0.1, -0.05) is 6.07 Å². The van der Waals surface area contributed by atoms with Crippen molar-refractivity contribution in [2.75, 3.05) is 46.4 Å². The molecule has 1 amide bonds. The fourth-order valence-corrected chi connectivity index (χ4v) is 3.12. The van der Waals surface area contributed by atoms with Gasteiger partial charge in [0.15, 0.2) is 0 Å². The van der Waals surface area contributed by atoms with E-state index in [0.717, 1.165) is 26.3 Å². The molecule has 1 aliphatic heterocycles. The van der Waals surface area contributed by atoms with Crippen molar-refractivity contribution in [1.29, 1.82) is 0 Å². The van der Waals surface area contributed by atoms with E-state index in [1.54, 1.807) is 16.2 Å². The molecule has 1 aromatic rings. The predicted octanol–water partition coefficient (Wildman–Crippen LogP) is 1.38. The lowest BCUT2D eigenvalue weighted by atomic mass is 10.1. The quantitative estimate of drug-likeness (QED) is 0.866. The Morgan fingerprint density at radius 1 is 1.48 bits per heavy atom. The Hall–Kier alpha value is -0.370. The molecule has 0 aromatic carbocycles. The largest absolute Gasteiger partial charge is 0.379 e. The molecule has 1 aliphatic rings. The number of ether oxygens (including phenoxy) is 1. The minimum Gasteiger partial charge on any atom is -0.379 e. The van der Waals surface area contributed by atoms with Crippen LogP contribution >= 0.6 is 36.2 Å². The van der Waals surface area contributed by atoms with E-state index in [2.05, 4.69) is 22.4 Å². The maximum Gasteiger partial charge on any atom is 0.236 e. The number of amides is 1. The van der Waals surface area contributed by atoms with Gasteiger partial charge in [0.05, 0.1) is 25.8 Å². The lowest BCUT2D eigenvalue weighted by Crippen LogP contribution is -2.45. The number of hydrogen-bond donors (Lipinski definition) is 1. The molecular formula is C13H23Cl2N3O2S. The summed E-state index contributed by atoms with van der Waals surface area (Å²) >= 11 is 1.73. The Bertz CT molecular complexity index is 400. The summed E-state index contributed by atoms with van der Waals surface area (Å²) < 4.78 is 5.40. The number of halogens is 2. The van der Waals surface area contributed by atoms with E-state index in [0.29, 0.717) is 6.54 Å². The standard InChI is InChI=1S/C13H21N3O2S.2ClH/c1-15(13(17)9-14)10-11(12-3-2-8-19-12)16-4-6-18-7-5-16;;/h2-3,8,11H,4-7,9-10,14H2,1H3;2*1H. The number of nitrogens with zero attached hydrogens (tertiary/aromatic N) is 2. The van der Waals surface area contributed by atoms with E-state index in [9.17, 15) is 4.79 Å². The Kier molecular flexibility index (Phi) is 10.2. The Labute approximate surface area is 142 Å². The summed E-state index contributed by atoms with van der Waals surface area (Å²) in [6.07, 6.45) is 0. The molecule has 0 bridgehead atoms. The fraction of sp³-hybridized carbons (Fsp3) is 0.615. The summed E-state index contributed by atoms with van der Waals surface area (Å²) in [7, 11) is 1.82. The highest BCUT2D eigenvalue weighted by atomic mass is 35.5. The average molecular weight is 356 g/mol. The van der Waals surface area contributed by atoms with Crippen molar-refractivity contribution in [2.45, 2.75) is 6.04 Å². The van der Waals surface area contributed by atoms with Crippen molar-refractivity contribution in [3.63, 3.8) is 0 Å². The number of hydrogen-bond acceptors (Lipinski definition) is 5. The summed E-state index contributed by atoms with van der Waals surface area (Å²) in [5, 5.41) is 2.08. The second-order valence-corrected chi connectivity index (χ2v) is 5.64. The van der Waals surface area contributed by atoms with Crippen LogP contribution in [-0.4, -0.2) is 62.1 Å². The summed E-state index contributed by atoms with van der Waals surface area (Å²) in [6, 6.07) is 4.42. The van der Waals surface area contributed by atoms with Gasteiger partial charge in [-0.2, -0.15) is 0 Å². The first-order valence-corrected chi connectivity index (χ1v) is 7.39. The molecule has 1 fully saturated rings. The van der Waals surface area contributed by atoms with Gasteiger partial charge in [-0.3, -0.25) is 9.69 Å². The smallest absolute Gasteiger partial charge is 0.236 e. The maximum absolute atomic E-state index is 11.7. The minimum atomic E-state index is -0.0187. The second kappa shape index (κ2) is 10.4. The molecule has 8 heteroatoms. The van der Waals surface area contributed by atoms with Crippen LogP contribution in [0.25, 0.3) is 0 Å². The summed E-state index contributed by atoms with van der Waals surface area (Å²) in [5.74, 6) is -0.0187. The monoisotopic (exact) mass is 355 g/mol. The predicted molar refractivity (Wildman–Crippen MR) is 90.6 cm³/mol. The molecule has 1 saturated heterocycles. The van der Waals surface area contributed by atoms with Crippen LogP contribution in [0.15, 0.2) is 17.5 Å². The van der Waals surface area contributed by atoms with Crippen LogP contribution < -0.4 is 5.73 Å². The Morgan fingerprint density at radius 3 is 2.67 bits per heavy atom. The van der Waals surface area contributed by atoms with Crippen molar-refractivity contribution in [1.82, 2.24) is 9.80 Å². The third-order valence-corrected chi connectivity index (χ3v) is 4.38. The highest BCUT2D eigenvalue weighted by Gasteiger charge is 2.25. The molecule has 2 rings (SSSR count). The van der Waals surface area contributed by atoms with Gasteiger partial charge in [-0.15, -0.1) is 36.2 Å². The van der Waals surface area contributed by atoms with Crippen molar-refractivity contribution in [3.8, 4) is 0 Å². The zero-order valence-electron chi connectivity index (χ0n) is 12.1. The summed E-state index contributed by atoms with van der Waals surface area (Å²) in [4.78, 5) is 17.1. The molecule has 1 aromatic heterocycles. The van der Waals surface area contributed by atoms with Crippen molar-refractivity contribution >= 4 is 42.1 Å². The van der Waals surface area contributed by atoms with E-state index in [4.69, 9.17) is 10.5 Å². The number of rotatable bonds is 5. The van der Waals surface area contributed by atoms with E-state index >= 15 is 0 Å². The first-order valence-electron chi connectivity index (χ1n) is 6.51. The van der Waals surface area contributed by atoms with Gasteiger partial charge in [0.1, 0.15) is 0 Å². The topological polar surface area (TPSA) is 58.8 Å². The van der Waals surface area contributed by atoms with Gasteiger partial charge in [0.25, 0.3) is 0 Å². The van der Waals surface area contributed by atoms with E-state index in [1.165, 1.54) is 4.88 Å². The molecule has 1 unspecified atom stereocenters. The molecule has 5 nitrogen and oxygen atoms in total. The molecule has 0 spiro atoms. The summed E-state index contributed by atoms with van der Waals surface area (Å²) in [5.41, 5.74) is 5.42. The number of morpholine rings is 1. The number of carbonyl (C=O) groups excluding carboxylic acids is 1. The zero-order valence-corrected chi connectivity index (χ0v) is 14.5. The Balaban J connectivity index is 0.00000200. The number of carbonyl (C=O) groups is 1. The molecular weight excluding hydrogens is 333 g/mol. The van der Waals surface area contributed by atoms with Crippen LogP contribution in [0.4, 0.5) is 0 Å². The molecule has 1 atom stereocenters. The first kappa shape index (κ1) is 20.6. The van der Waals surface area contributed by atoms with Crippen LogP contribution in [0.3, 0.4) is 0 Å². The normalized spacial score (nSPS) is 16.5. The van der Waals surface area contributed by atoms with Crippen molar-refractivity contribution in [2.24, 2.45) is 5.73 Å². The third-order valence-electron chi connectivity index (χ3n) is 3.41. The van der Waals surface area contributed by atoms with Gasteiger partial charge in [0.2, 0.25) is 5.91 Å². The van der Waals surface area contributed by atoms with Gasteiger partial charge in [-0.25, -0.2) is 0 Å².